The van der Waals surface area contributed by atoms with Gasteiger partial charge in [-0.15, -0.1) is 0 Å². The summed E-state index contributed by atoms with van der Waals surface area (Å²) in [7, 11) is 0. The highest BCUT2D eigenvalue weighted by molar-refractivity contribution is 7.10. The van der Waals surface area contributed by atoms with Gasteiger partial charge in [0.25, 0.3) is 0 Å². The number of hydrogen-bond acceptors (Lipinski definition) is 6. The van der Waals surface area contributed by atoms with Crippen molar-refractivity contribution >= 4 is 34.1 Å². The quantitative estimate of drug-likeness (QED) is 0.747. The Labute approximate surface area is 118 Å². The van der Waals surface area contributed by atoms with Gasteiger partial charge in [0, 0.05) is 5.39 Å². The van der Waals surface area contributed by atoms with Gasteiger partial charge in [0.05, 0.1) is 24.0 Å². The zero-order valence-electron chi connectivity index (χ0n) is 10.7. The fourth-order valence-corrected chi connectivity index (χ4v) is 2.68. The van der Waals surface area contributed by atoms with Crippen molar-refractivity contribution in [2.24, 2.45) is 0 Å². The average Bonchev–Trinajstić information content (AvgIpc) is 3.02. The molecule has 0 spiro atoms. The molecule has 0 atom stereocenters. The SMILES string of the molecule is CCOC(=O)c1nn(-c2snc3ccccc23)cc1N. The minimum absolute atomic E-state index is 0.129. The minimum atomic E-state index is -0.516. The van der Waals surface area contributed by atoms with Crippen LogP contribution in [0, 0.1) is 0 Å². The van der Waals surface area contributed by atoms with Gasteiger partial charge in [-0.3, -0.25) is 0 Å². The molecule has 2 heterocycles. The fourth-order valence-electron chi connectivity index (χ4n) is 1.89. The number of aromatic nitrogens is 3. The molecular formula is C13H12N4O2S. The van der Waals surface area contributed by atoms with Gasteiger partial charge < -0.3 is 10.5 Å². The second-order valence-corrected chi connectivity index (χ2v) is 4.85. The van der Waals surface area contributed by atoms with Gasteiger partial charge in [0.2, 0.25) is 0 Å². The Morgan fingerprint density at radius 2 is 2.25 bits per heavy atom. The van der Waals surface area contributed by atoms with Crippen molar-refractivity contribution in [3.63, 3.8) is 0 Å². The average molecular weight is 288 g/mol. The number of rotatable bonds is 3. The lowest BCUT2D eigenvalue weighted by molar-refractivity contribution is 0.0520. The Morgan fingerprint density at radius 3 is 3.05 bits per heavy atom. The zero-order chi connectivity index (χ0) is 14.1. The van der Waals surface area contributed by atoms with E-state index in [2.05, 4.69) is 9.47 Å². The first-order valence-corrected chi connectivity index (χ1v) is 6.85. The van der Waals surface area contributed by atoms with Crippen molar-refractivity contribution < 1.29 is 9.53 Å². The number of carbonyl (C=O) groups is 1. The molecule has 20 heavy (non-hydrogen) atoms. The number of anilines is 1. The number of fused-ring (bicyclic) bond motifs is 1. The summed E-state index contributed by atoms with van der Waals surface area (Å²) in [4.78, 5) is 11.7. The molecule has 7 heteroatoms. The molecule has 0 bridgehead atoms. The lowest BCUT2D eigenvalue weighted by Gasteiger charge is -1.98. The second kappa shape index (κ2) is 4.93. The Bertz CT molecular complexity index is 778. The monoisotopic (exact) mass is 288 g/mol. The zero-order valence-corrected chi connectivity index (χ0v) is 11.6. The number of benzene rings is 1. The number of carbonyl (C=O) groups excluding carboxylic acids is 1. The van der Waals surface area contributed by atoms with Gasteiger partial charge in [0.1, 0.15) is 5.00 Å². The molecule has 0 saturated heterocycles. The molecular weight excluding hydrogens is 276 g/mol. The third-order valence-electron chi connectivity index (χ3n) is 2.78. The summed E-state index contributed by atoms with van der Waals surface area (Å²) in [6.07, 6.45) is 1.60. The van der Waals surface area contributed by atoms with Crippen LogP contribution in [-0.2, 0) is 4.74 Å². The number of hydrogen-bond donors (Lipinski definition) is 1. The molecule has 0 amide bonds. The van der Waals surface area contributed by atoms with Crippen LogP contribution < -0.4 is 5.73 Å². The lowest BCUT2D eigenvalue weighted by atomic mass is 10.2. The van der Waals surface area contributed by atoms with Crippen LogP contribution in [0.4, 0.5) is 5.69 Å². The van der Waals surface area contributed by atoms with E-state index in [0.29, 0.717) is 5.69 Å². The lowest BCUT2D eigenvalue weighted by Crippen LogP contribution is -2.08. The highest BCUT2D eigenvalue weighted by Gasteiger charge is 2.18. The number of nitrogens with two attached hydrogens (primary N) is 1. The predicted molar refractivity (Wildman–Crippen MR) is 77.1 cm³/mol. The first-order valence-electron chi connectivity index (χ1n) is 6.07. The molecule has 2 N–H and O–H groups in total. The van der Waals surface area contributed by atoms with E-state index < -0.39 is 5.97 Å². The normalized spacial score (nSPS) is 10.8. The van der Waals surface area contributed by atoms with E-state index in [1.54, 1.807) is 17.8 Å². The summed E-state index contributed by atoms with van der Waals surface area (Å²) in [6.45, 7) is 2.02. The van der Waals surface area contributed by atoms with E-state index in [-0.39, 0.29) is 12.3 Å². The standard InChI is InChI=1S/C13H12N4O2S/c1-2-19-13(18)11-9(14)7-17(15-11)12-8-5-3-4-6-10(8)16-20-12/h3-7H,2,14H2,1H3. The molecule has 0 aliphatic carbocycles. The maximum Gasteiger partial charge on any atom is 0.361 e. The summed E-state index contributed by atoms with van der Waals surface area (Å²) >= 11 is 1.31. The Balaban J connectivity index is 2.07. The van der Waals surface area contributed by atoms with Gasteiger partial charge in [-0.2, -0.15) is 9.47 Å². The first kappa shape index (κ1) is 12.6. The van der Waals surface area contributed by atoms with Gasteiger partial charge in [-0.1, -0.05) is 12.1 Å². The molecule has 3 aromatic rings. The number of nitrogen functional groups attached to an aromatic ring is 1. The molecule has 102 valence electrons. The third-order valence-corrected chi connectivity index (χ3v) is 3.65. The number of nitrogens with zero attached hydrogens (tertiary/aromatic N) is 3. The Hall–Kier alpha value is -2.41. The van der Waals surface area contributed by atoms with Gasteiger partial charge in [-0.25, -0.2) is 9.48 Å². The van der Waals surface area contributed by atoms with E-state index in [9.17, 15) is 4.79 Å². The van der Waals surface area contributed by atoms with Crippen LogP contribution in [0.2, 0.25) is 0 Å². The molecule has 0 saturated carbocycles. The summed E-state index contributed by atoms with van der Waals surface area (Å²) in [6, 6.07) is 7.73. The van der Waals surface area contributed by atoms with Crippen molar-refractivity contribution in [3.8, 4) is 5.00 Å². The van der Waals surface area contributed by atoms with Crippen molar-refractivity contribution in [1.82, 2.24) is 14.2 Å². The molecule has 0 fully saturated rings. The smallest absolute Gasteiger partial charge is 0.361 e. The summed E-state index contributed by atoms with van der Waals surface area (Å²) in [5.74, 6) is -0.516. The highest BCUT2D eigenvalue weighted by atomic mass is 32.1. The number of esters is 1. The molecule has 3 rings (SSSR count). The first-order chi connectivity index (χ1) is 9.70. The predicted octanol–water partition coefficient (Wildman–Crippen LogP) is 2.24. The van der Waals surface area contributed by atoms with E-state index in [0.717, 1.165) is 15.9 Å². The topological polar surface area (TPSA) is 83.0 Å². The van der Waals surface area contributed by atoms with Crippen LogP contribution >= 0.6 is 11.5 Å². The summed E-state index contributed by atoms with van der Waals surface area (Å²) in [5.41, 5.74) is 7.13. The Kier molecular flexibility index (Phi) is 3.11. The van der Waals surface area contributed by atoms with Crippen molar-refractivity contribution in [2.75, 3.05) is 12.3 Å². The maximum atomic E-state index is 11.7. The van der Waals surface area contributed by atoms with Gasteiger partial charge in [-0.05, 0) is 30.6 Å². The molecule has 1 aromatic carbocycles. The summed E-state index contributed by atoms with van der Waals surface area (Å²) < 4.78 is 10.8. The maximum absolute atomic E-state index is 11.7. The van der Waals surface area contributed by atoms with Gasteiger partial charge in [0.15, 0.2) is 5.69 Å². The Morgan fingerprint density at radius 1 is 1.45 bits per heavy atom. The molecule has 2 aromatic heterocycles. The minimum Gasteiger partial charge on any atom is -0.461 e. The molecule has 0 radical (unpaired) electrons. The van der Waals surface area contributed by atoms with Crippen LogP contribution in [0.15, 0.2) is 30.5 Å². The van der Waals surface area contributed by atoms with Crippen LogP contribution in [0.25, 0.3) is 15.9 Å². The van der Waals surface area contributed by atoms with Crippen molar-refractivity contribution in [3.05, 3.63) is 36.2 Å². The molecule has 0 aliphatic heterocycles. The van der Waals surface area contributed by atoms with Crippen LogP contribution in [0.3, 0.4) is 0 Å². The highest BCUT2D eigenvalue weighted by Crippen LogP contribution is 2.26. The van der Waals surface area contributed by atoms with Gasteiger partial charge >= 0.3 is 5.97 Å². The van der Waals surface area contributed by atoms with Crippen molar-refractivity contribution in [2.45, 2.75) is 6.92 Å². The van der Waals surface area contributed by atoms with E-state index >= 15 is 0 Å². The fraction of sp³-hybridized carbons (Fsp3) is 0.154. The second-order valence-electron chi connectivity index (χ2n) is 4.10. The van der Waals surface area contributed by atoms with E-state index in [1.165, 1.54) is 11.5 Å². The molecule has 0 unspecified atom stereocenters. The largest absolute Gasteiger partial charge is 0.461 e. The van der Waals surface area contributed by atoms with E-state index in [1.807, 2.05) is 24.3 Å². The molecule has 6 nitrogen and oxygen atoms in total. The van der Waals surface area contributed by atoms with E-state index in [4.69, 9.17) is 10.5 Å². The molecule has 0 aliphatic rings. The third kappa shape index (κ3) is 2.01. The van der Waals surface area contributed by atoms with Crippen molar-refractivity contribution in [1.29, 1.82) is 0 Å². The summed E-state index contributed by atoms with van der Waals surface area (Å²) in [5, 5.41) is 6.00. The number of ether oxygens (including phenoxy) is 1. The van der Waals surface area contributed by atoms with Crippen LogP contribution in [-0.4, -0.2) is 26.7 Å². The van der Waals surface area contributed by atoms with Crippen LogP contribution in [0.5, 0.6) is 0 Å². The van der Waals surface area contributed by atoms with Crippen LogP contribution in [0.1, 0.15) is 17.4 Å².